The molecule has 1 aromatic carbocycles. The molecule has 0 aliphatic carbocycles. The van der Waals surface area contributed by atoms with Crippen molar-refractivity contribution in [2.75, 3.05) is 11.9 Å². The van der Waals surface area contributed by atoms with Gasteiger partial charge in [0.15, 0.2) is 0 Å². The van der Waals surface area contributed by atoms with Crippen molar-refractivity contribution in [3.8, 4) is 0 Å². The van der Waals surface area contributed by atoms with E-state index >= 15 is 0 Å². The van der Waals surface area contributed by atoms with E-state index in [0.717, 1.165) is 10.9 Å². The average Bonchev–Trinajstić information content (AvgIpc) is 2.38. The van der Waals surface area contributed by atoms with E-state index in [0.29, 0.717) is 17.8 Å². The van der Waals surface area contributed by atoms with Gasteiger partial charge in [-0.15, -0.1) is 0 Å². The molecule has 1 unspecified atom stereocenters. The number of hydrogen-bond acceptors (Lipinski definition) is 4. The van der Waals surface area contributed by atoms with Crippen molar-refractivity contribution in [3.63, 3.8) is 0 Å². The van der Waals surface area contributed by atoms with Crippen LogP contribution in [0.25, 0.3) is 10.9 Å². The van der Waals surface area contributed by atoms with Crippen LogP contribution in [-0.4, -0.2) is 33.8 Å². The van der Waals surface area contributed by atoms with Crippen molar-refractivity contribution in [2.24, 2.45) is 0 Å². The highest BCUT2D eigenvalue weighted by atomic mass is 16.4. The van der Waals surface area contributed by atoms with Crippen LogP contribution in [0.5, 0.6) is 0 Å². The van der Waals surface area contributed by atoms with Crippen LogP contribution in [0.15, 0.2) is 24.3 Å². The number of anilines is 1. The van der Waals surface area contributed by atoms with Gasteiger partial charge in [0.2, 0.25) is 0 Å². The molecule has 3 N–H and O–H groups in total. The molecule has 20 heavy (non-hydrogen) atoms. The maximum atomic E-state index is 11.5. The summed E-state index contributed by atoms with van der Waals surface area (Å²) in [5.74, 6) is -0.644. The van der Waals surface area contributed by atoms with Crippen molar-refractivity contribution >= 4 is 22.7 Å². The molecule has 2 rings (SSSR count). The molecule has 0 amide bonds. The van der Waals surface area contributed by atoms with Gasteiger partial charge in [-0.3, -0.25) is 0 Å². The Bertz CT molecular complexity index is 640. The number of carboxylic acid groups (broad SMARTS) is 1. The molecule has 0 spiro atoms. The third-order valence-electron chi connectivity index (χ3n) is 3.31. The first-order valence-electron chi connectivity index (χ1n) is 6.54. The number of aryl methyl sites for hydroxylation is 1. The molecule has 0 aliphatic rings. The highest BCUT2D eigenvalue weighted by molar-refractivity contribution is 6.01. The number of para-hydroxylation sites is 1. The number of hydrogen-bond donors (Lipinski definition) is 3. The zero-order valence-corrected chi connectivity index (χ0v) is 11.6. The summed E-state index contributed by atoms with van der Waals surface area (Å²) >= 11 is 0. The molecule has 106 valence electrons. The molecule has 1 heterocycles. The highest BCUT2D eigenvalue weighted by Gasteiger charge is 2.19. The zero-order chi connectivity index (χ0) is 14.7. The monoisotopic (exact) mass is 274 g/mol. The van der Waals surface area contributed by atoms with E-state index in [4.69, 9.17) is 5.11 Å². The number of fused-ring (bicyclic) bond motifs is 1. The lowest BCUT2D eigenvalue weighted by Gasteiger charge is -2.17. The third kappa shape index (κ3) is 2.72. The summed E-state index contributed by atoms with van der Waals surface area (Å²) in [5.41, 5.74) is 1.64. The summed E-state index contributed by atoms with van der Waals surface area (Å²) in [5, 5.41) is 22.3. The highest BCUT2D eigenvalue weighted by Crippen LogP contribution is 2.26. The van der Waals surface area contributed by atoms with Crippen molar-refractivity contribution in [2.45, 2.75) is 26.3 Å². The van der Waals surface area contributed by atoms with Gasteiger partial charge in [-0.2, -0.15) is 0 Å². The van der Waals surface area contributed by atoms with E-state index in [2.05, 4.69) is 10.3 Å². The van der Waals surface area contributed by atoms with E-state index in [9.17, 15) is 9.90 Å². The number of nitrogens with one attached hydrogen (secondary N) is 1. The maximum absolute atomic E-state index is 11.5. The lowest BCUT2D eigenvalue weighted by atomic mass is 10.0. The Hall–Kier alpha value is -2.14. The fourth-order valence-corrected chi connectivity index (χ4v) is 2.24. The van der Waals surface area contributed by atoms with Gasteiger partial charge in [-0.05, 0) is 31.9 Å². The second kappa shape index (κ2) is 5.88. The molecule has 1 atom stereocenters. The van der Waals surface area contributed by atoms with Crippen LogP contribution in [0.2, 0.25) is 0 Å². The molecule has 5 nitrogen and oxygen atoms in total. The second-order valence-corrected chi connectivity index (χ2v) is 4.84. The number of nitrogens with zero attached hydrogens (tertiary/aromatic N) is 1. The molecule has 0 aliphatic heterocycles. The van der Waals surface area contributed by atoms with E-state index in [1.807, 2.05) is 31.2 Å². The molecule has 0 fully saturated rings. The minimum Gasteiger partial charge on any atom is -0.478 e. The van der Waals surface area contributed by atoms with Crippen molar-refractivity contribution in [3.05, 3.63) is 35.4 Å². The van der Waals surface area contributed by atoms with Crippen molar-refractivity contribution in [1.29, 1.82) is 0 Å². The van der Waals surface area contributed by atoms with Gasteiger partial charge in [0.25, 0.3) is 0 Å². The molecule has 1 aromatic heterocycles. The molecule has 0 saturated carbocycles. The van der Waals surface area contributed by atoms with E-state index in [1.54, 1.807) is 6.92 Å². The smallest absolute Gasteiger partial charge is 0.339 e. The largest absolute Gasteiger partial charge is 0.478 e. The zero-order valence-electron chi connectivity index (χ0n) is 11.6. The van der Waals surface area contributed by atoms with Gasteiger partial charge in [-0.25, -0.2) is 9.78 Å². The van der Waals surface area contributed by atoms with Gasteiger partial charge in [0.05, 0.1) is 5.52 Å². The van der Waals surface area contributed by atoms with Gasteiger partial charge in [0.1, 0.15) is 11.4 Å². The van der Waals surface area contributed by atoms with Crippen LogP contribution < -0.4 is 5.32 Å². The Kier molecular flexibility index (Phi) is 4.20. The topological polar surface area (TPSA) is 82.5 Å². The SMILES string of the molecule is Cc1c(C(=O)O)c(NC(C)CCO)nc2ccccc12. The van der Waals surface area contributed by atoms with Gasteiger partial charge < -0.3 is 15.5 Å². The Morgan fingerprint density at radius 1 is 1.40 bits per heavy atom. The maximum Gasteiger partial charge on any atom is 0.339 e. The molecular formula is C15H18N2O3. The number of carbonyl (C=O) groups is 1. The summed E-state index contributed by atoms with van der Waals surface area (Å²) < 4.78 is 0. The number of rotatable bonds is 5. The van der Waals surface area contributed by atoms with Crippen LogP contribution in [0.3, 0.4) is 0 Å². The van der Waals surface area contributed by atoms with Gasteiger partial charge in [0, 0.05) is 18.0 Å². The summed E-state index contributed by atoms with van der Waals surface area (Å²) in [4.78, 5) is 15.9. The second-order valence-electron chi connectivity index (χ2n) is 4.84. The standard InChI is InChI=1S/C15H18N2O3/c1-9(7-8-18)16-14-13(15(19)20)10(2)11-5-3-4-6-12(11)17-14/h3-6,9,18H,7-8H2,1-2H3,(H,16,17)(H,19,20). The molecule has 0 bridgehead atoms. The average molecular weight is 274 g/mol. The third-order valence-corrected chi connectivity index (χ3v) is 3.31. The number of aromatic nitrogens is 1. The van der Waals surface area contributed by atoms with Crippen molar-refractivity contribution < 1.29 is 15.0 Å². The molecule has 0 radical (unpaired) electrons. The van der Waals surface area contributed by atoms with Gasteiger partial charge in [-0.1, -0.05) is 18.2 Å². The van der Waals surface area contributed by atoms with Crippen LogP contribution in [0.4, 0.5) is 5.82 Å². The fourth-order valence-electron chi connectivity index (χ4n) is 2.24. The van der Waals surface area contributed by atoms with E-state index in [1.165, 1.54) is 0 Å². The predicted molar refractivity (Wildman–Crippen MR) is 78.2 cm³/mol. The molecule has 0 saturated heterocycles. The number of carboxylic acids is 1. The molecular weight excluding hydrogens is 256 g/mol. The molecule has 2 aromatic rings. The Morgan fingerprint density at radius 2 is 2.10 bits per heavy atom. The number of aliphatic hydroxyl groups excluding tert-OH is 1. The predicted octanol–water partition coefficient (Wildman–Crippen LogP) is 2.42. The number of aliphatic hydroxyl groups is 1. The van der Waals surface area contributed by atoms with Crippen molar-refractivity contribution in [1.82, 2.24) is 4.98 Å². The number of benzene rings is 1. The molecule has 5 heteroatoms. The summed E-state index contributed by atoms with van der Waals surface area (Å²) in [6.45, 7) is 3.71. The summed E-state index contributed by atoms with van der Waals surface area (Å²) in [6, 6.07) is 7.41. The van der Waals surface area contributed by atoms with Crippen LogP contribution in [-0.2, 0) is 0 Å². The number of pyridine rings is 1. The van der Waals surface area contributed by atoms with E-state index < -0.39 is 5.97 Å². The van der Waals surface area contributed by atoms with Gasteiger partial charge >= 0.3 is 5.97 Å². The lowest BCUT2D eigenvalue weighted by molar-refractivity contribution is 0.0697. The lowest BCUT2D eigenvalue weighted by Crippen LogP contribution is -2.20. The Morgan fingerprint density at radius 3 is 2.75 bits per heavy atom. The Balaban J connectivity index is 2.56. The number of aromatic carboxylic acids is 1. The van der Waals surface area contributed by atoms with Crippen LogP contribution >= 0.6 is 0 Å². The van der Waals surface area contributed by atoms with E-state index in [-0.39, 0.29) is 18.2 Å². The first-order valence-corrected chi connectivity index (χ1v) is 6.54. The first kappa shape index (κ1) is 14.3. The quantitative estimate of drug-likeness (QED) is 0.780. The summed E-state index contributed by atoms with van der Waals surface area (Å²) in [7, 11) is 0. The fraction of sp³-hybridized carbons (Fsp3) is 0.333. The minimum atomic E-state index is -1.00. The summed E-state index contributed by atoms with van der Waals surface area (Å²) in [6.07, 6.45) is 0.534. The Labute approximate surface area is 117 Å². The van der Waals surface area contributed by atoms with Crippen LogP contribution in [0.1, 0.15) is 29.3 Å². The van der Waals surface area contributed by atoms with Crippen LogP contribution in [0, 0.1) is 6.92 Å². The minimum absolute atomic E-state index is 0.0448. The normalized spacial score (nSPS) is 12.3. The first-order chi connectivity index (χ1) is 9.54.